The van der Waals surface area contributed by atoms with Crippen molar-refractivity contribution >= 4 is 69.4 Å². The van der Waals surface area contributed by atoms with Gasteiger partial charge < -0.3 is 15.0 Å². The third-order valence-electron chi connectivity index (χ3n) is 5.79. The van der Waals surface area contributed by atoms with E-state index in [0.717, 1.165) is 18.7 Å². The first kappa shape index (κ1) is 28.8. The first-order valence-corrected chi connectivity index (χ1v) is 13.7. The fourth-order valence-corrected chi connectivity index (χ4v) is 5.12. The number of nitrogens with one attached hydrogen (secondary N) is 1. The number of thioether (sulfide) groups is 1. The largest absolute Gasteiger partial charge is 0.461 e. The van der Waals surface area contributed by atoms with Gasteiger partial charge in [0.1, 0.15) is 10.9 Å². The topological polar surface area (TPSA) is 79.0 Å². The van der Waals surface area contributed by atoms with Crippen LogP contribution in [0.5, 0.6) is 0 Å². The van der Waals surface area contributed by atoms with Gasteiger partial charge in [0.2, 0.25) is 5.91 Å². The minimum absolute atomic E-state index is 0.185. The minimum atomic E-state index is -0.392. The third-order valence-corrected chi connectivity index (χ3v) is 7.51. The van der Waals surface area contributed by atoms with Crippen molar-refractivity contribution < 1.29 is 19.1 Å². The lowest BCUT2D eigenvalue weighted by molar-refractivity contribution is -0.122. The standard InChI is InChI=1S/C27H30ClN3O4S2/c1-3-30(4-2)16-17-35-26(34)19-11-13-21(14-12-19)29-24(32)10-7-15-31-25(33)23(37-27(31)36)18-20-8-5-6-9-22(20)28/h5-6,8-9,11-14,18H,3-4,7,10,15-17H2,1-2H3,(H,29,32)/b23-18-. The Morgan fingerprint density at radius 1 is 1.14 bits per heavy atom. The number of nitrogens with zero attached hydrogens (tertiary/aromatic N) is 2. The van der Waals surface area contributed by atoms with E-state index in [0.29, 0.717) is 51.6 Å². The maximum absolute atomic E-state index is 12.8. The number of hydrogen-bond donors (Lipinski definition) is 1. The number of esters is 1. The molecule has 10 heteroatoms. The second-order valence-corrected chi connectivity index (χ2v) is 10.3. The van der Waals surface area contributed by atoms with Crippen molar-refractivity contribution in [3.63, 3.8) is 0 Å². The van der Waals surface area contributed by atoms with Crippen LogP contribution in [0.4, 0.5) is 5.69 Å². The lowest BCUT2D eigenvalue weighted by Crippen LogP contribution is -2.29. The van der Waals surface area contributed by atoms with Gasteiger partial charge in [0, 0.05) is 30.2 Å². The number of carbonyl (C=O) groups is 3. The van der Waals surface area contributed by atoms with Gasteiger partial charge in [0.25, 0.3) is 5.91 Å². The van der Waals surface area contributed by atoms with Crippen molar-refractivity contribution in [3.8, 4) is 0 Å². The molecule has 0 unspecified atom stereocenters. The van der Waals surface area contributed by atoms with Crippen LogP contribution < -0.4 is 5.32 Å². The van der Waals surface area contributed by atoms with Gasteiger partial charge >= 0.3 is 5.97 Å². The third kappa shape index (κ3) is 8.39. The van der Waals surface area contributed by atoms with E-state index in [4.69, 9.17) is 28.6 Å². The molecule has 37 heavy (non-hydrogen) atoms. The van der Waals surface area contributed by atoms with Crippen LogP contribution >= 0.6 is 35.6 Å². The van der Waals surface area contributed by atoms with Gasteiger partial charge in [-0.25, -0.2) is 4.79 Å². The molecule has 0 bridgehead atoms. The minimum Gasteiger partial charge on any atom is -0.461 e. The van der Waals surface area contributed by atoms with Crippen LogP contribution in [0, 0.1) is 0 Å². The first-order valence-electron chi connectivity index (χ1n) is 12.1. The summed E-state index contributed by atoms with van der Waals surface area (Å²) in [6, 6.07) is 13.9. The predicted molar refractivity (Wildman–Crippen MR) is 154 cm³/mol. The number of anilines is 1. The van der Waals surface area contributed by atoms with Crippen molar-refractivity contribution in [2.75, 3.05) is 38.1 Å². The average Bonchev–Trinajstić information content (AvgIpc) is 3.15. The summed E-state index contributed by atoms with van der Waals surface area (Å²) >= 11 is 12.8. The van der Waals surface area contributed by atoms with Gasteiger partial charge in [-0.05, 0) is 61.5 Å². The van der Waals surface area contributed by atoms with E-state index in [-0.39, 0.29) is 18.2 Å². The van der Waals surface area contributed by atoms with Crippen molar-refractivity contribution in [2.24, 2.45) is 0 Å². The Bertz CT molecular complexity index is 1170. The molecule has 0 atom stereocenters. The Morgan fingerprint density at radius 3 is 2.51 bits per heavy atom. The first-order chi connectivity index (χ1) is 17.8. The predicted octanol–water partition coefficient (Wildman–Crippen LogP) is 5.46. The van der Waals surface area contributed by atoms with Crippen molar-refractivity contribution in [1.29, 1.82) is 0 Å². The molecule has 0 spiro atoms. The van der Waals surface area contributed by atoms with Gasteiger partial charge in [-0.2, -0.15) is 0 Å². The van der Waals surface area contributed by atoms with Crippen LogP contribution in [0.25, 0.3) is 6.08 Å². The number of hydrogen-bond acceptors (Lipinski definition) is 7. The second-order valence-electron chi connectivity index (χ2n) is 8.25. The molecule has 1 aliphatic rings. The van der Waals surface area contributed by atoms with Crippen LogP contribution in [-0.2, 0) is 14.3 Å². The molecule has 1 N–H and O–H groups in total. The Hall–Kier alpha value is -2.72. The number of carbonyl (C=O) groups excluding carboxylic acids is 3. The molecule has 0 radical (unpaired) electrons. The summed E-state index contributed by atoms with van der Waals surface area (Å²) < 4.78 is 5.79. The van der Waals surface area contributed by atoms with E-state index < -0.39 is 5.97 Å². The summed E-state index contributed by atoms with van der Waals surface area (Å²) in [6.45, 7) is 7.31. The summed E-state index contributed by atoms with van der Waals surface area (Å²) in [7, 11) is 0. The highest BCUT2D eigenvalue weighted by Gasteiger charge is 2.31. The molecule has 2 amide bonds. The van der Waals surface area contributed by atoms with Gasteiger partial charge in [0.05, 0.1) is 10.5 Å². The summed E-state index contributed by atoms with van der Waals surface area (Å²) in [4.78, 5) is 41.6. The summed E-state index contributed by atoms with van der Waals surface area (Å²) in [5, 5.41) is 3.37. The number of amides is 2. The Morgan fingerprint density at radius 2 is 1.84 bits per heavy atom. The van der Waals surface area contributed by atoms with Crippen molar-refractivity contribution in [3.05, 3.63) is 69.6 Å². The lowest BCUT2D eigenvalue weighted by atomic mass is 10.2. The van der Waals surface area contributed by atoms with E-state index in [1.165, 1.54) is 16.7 Å². The Balaban J connectivity index is 1.43. The fourth-order valence-electron chi connectivity index (χ4n) is 3.63. The zero-order chi connectivity index (χ0) is 26.8. The van der Waals surface area contributed by atoms with Crippen LogP contribution in [0.3, 0.4) is 0 Å². The molecule has 1 fully saturated rings. The average molecular weight is 560 g/mol. The molecule has 1 heterocycles. The molecule has 2 aromatic carbocycles. The van der Waals surface area contributed by atoms with Crippen LogP contribution in [0.1, 0.15) is 42.6 Å². The monoisotopic (exact) mass is 559 g/mol. The highest BCUT2D eigenvalue weighted by molar-refractivity contribution is 8.26. The van der Waals surface area contributed by atoms with E-state index in [9.17, 15) is 14.4 Å². The zero-order valence-corrected chi connectivity index (χ0v) is 23.3. The van der Waals surface area contributed by atoms with Gasteiger partial charge in [-0.1, -0.05) is 67.6 Å². The number of thiocarbonyl (C=S) groups is 1. The molecular weight excluding hydrogens is 530 g/mol. The number of rotatable bonds is 12. The number of ether oxygens (including phenoxy) is 1. The van der Waals surface area contributed by atoms with E-state index in [2.05, 4.69) is 24.1 Å². The molecule has 0 aromatic heterocycles. The molecule has 0 aliphatic carbocycles. The molecule has 3 rings (SSSR count). The SMILES string of the molecule is CCN(CC)CCOC(=O)c1ccc(NC(=O)CCCN2C(=O)/C(=C/c3ccccc3Cl)SC2=S)cc1. The number of benzene rings is 2. The van der Waals surface area contributed by atoms with E-state index in [1.54, 1.807) is 36.4 Å². The van der Waals surface area contributed by atoms with Crippen molar-refractivity contribution in [2.45, 2.75) is 26.7 Å². The molecule has 196 valence electrons. The van der Waals surface area contributed by atoms with Crippen molar-refractivity contribution in [1.82, 2.24) is 9.80 Å². The maximum Gasteiger partial charge on any atom is 0.338 e. The van der Waals surface area contributed by atoms with Gasteiger partial charge in [0.15, 0.2) is 0 Å². The molecule has 1 saturated heterocycles. The smallest absolute Gasteiger partial charge is 0.338 e. The Kier molecular flexibility index (Phi) is 11.1. The normalized spacial score (nSPS) is 14.5. The quantitative estimate of drug-likeness (QED) is 0.210. The Labute approximate surface area is 232 Å². The van der Waals surface area contributed by atoms with E-state index in [1.807, 2.05) is 18.2 Å². The molecular formula is C27H30ClN3O4S2. The highest BCUT2D eigenvalue weighted by atomic mass is 35.5. The van der Waals surface area contributed by atoms with E-state index >= 15 is 0 Å². The number of likely N-dealkylation sites (N-methyl/N-ethyl adjacent to an activating group) is 1. The number of halogens is 1. The van der Waals surface area contributed by atoms with Crippen LogP contribution in [-0.4, -0.2) is 64.7 Å². The second kappa shape index (κ2) is 14.3. The highest BCUT2D eigenvalue weighted by Crippen LogP contribution is 2.33. The zero-order valence-electron chi connectivity index (χ0n) is 20.9. The summed E-state index contributed by atoms with van der Waals surface area (Å²) in [5.74, 6) is -0.765. The molecule has 1 aliphatic heterocycles. The summed E-state index contributed by atoms with van der Waals surface area (Å²) in [5.41, 5.74) is 1.76. The fraction of sp³-hybridized carbons (Fsp3) is 0.333. The molecule has 7 nitrogen and oxygen atoms in total. The lowest BCUT2D eigenvalue weighted by Gasteiger charge is -2.17. The van der Waals surface area contributed by atoms with Crippen LogP contribution in [0.2, 0.25) is 5.02 Å². The summed E-state index contributed by atoms with van der Waals surface area (Å²) in [6.07, 6.45) is 2.41. The van der Waals surface area contributed by atoms with Crippen LogP contribution in [0.15, 0.2) is 53.4 Å². The molecule has 2 aromatic rings. The van der Waals surface area contributed by atoms with Gasteiger partial charge in [-0.15, -0.1) is 0 Å². The van der Waals surface area contributed by atoms with Gasteiger partial charge in [-0.3, -0.25) is 14.5 Å². The molecule has 0 saturated carbocycles. The maximum atomic E-state index is 12.8.